The minimum Gasteiger partial charge on any atom is -0.507 e. The van der Waals surface area contributed by atoms with Gasteiger partial charge in [-0.15, -0.1) is 0 Å². The molecular formula is C16H23N3O3. The highest BCUT2D eigenvalue weighted by Gasteiger charge is 2.29. The third-order valence-corrected chi connectivity index (χ3v) is 3.91. The van der Waals surface area contributed by atoms with E-state index in [-0.39, 0.29) is 23.5 Å². The summed E-state index contributed by atoms with van der Waals surface area (Å²) in [6, 6.07) is 4.96. The van der Waals surface area contributed by atoms with Crippen molar-refractivity contribution in [3.63, 3.8) is 0 Å². The smallest absolute Gasteiger partial charge is 0.257 e. The van der Waals surface area contributed by atoms with Gasteiger partial charge in [-0.25, -0.2) is 0 Å². The van der Waals surface area contributed by atoms with Gasteiger partial charge in [-0.2, -0.15) is 0 Å². The standard InChI is InChI=1S/C16H23N3O3/c1-11-4-5-14(20)13(9-11)16(22)19-8-2-3-12(10-19)15(21)18-7-6-17/h4-5,9,12,20H,2-3,6-8,10,17H2,1H3,(H,18,21). The van der Waals surface area contributed by atoms with E-state index in [2.05, 4.69) is 5.32 Å². The summed E-state index contributed by atoms with van der Waals surface area (Å²) < 4.78 is 0. The molecule has 6 nitrogen and oxygen atoms in total. The van der Waals surface area contributed by atoms with Crippen molar-refractivity contribution in [1.82, 2.24) is 10.2 Å². The highest BCUT2D eigenvalue weighted by Crippen LogP contribution is 2.24. The fourth-order valence-corrected chi connectivity index (χ4v) is 2.71. The van der Waals surface area contributed by atoms with E-state index < -0.39 is 0 Å². The lowest BCUT2D eigenvalue weighted by atomic mass is 9.96. The van der Waals surface area contributed by atoms with Gasteiger partial charge >= 0.3 is 0 Å². The Morgan fingerprint density at radius 3 is 2.95 bits per heavy atom. The van der Waals surface area contributed by atoms with E-state index >= 15 is 0 Å². The van der Waals surface area contributed by atoms with E-state index in [1.165, 1.54) is 6.07 Å². The van der Waals surface area contributed by atoms with Crippen molar-refractivity contribution in [3.05, 3.63) is 29.3 Å². The molecule has 0 aromatic heterocycles. The highest BCUT2D eigenvalue weighted by molar-refractivity contribution is 5.97. The summed E-state index contributed by atoms with van der Waals surface area (Å²) in [6.07, 6.45) is 1.54. The molecule has 6 heteroatoms. The topological polar surface area (TPSA) is 95.7 Å². The molecule has 1 heterocycles. The van der Waals surface area contributed by atoms with Crippen LogP contribution in [-0.4, -0.2) is 48.0 Å². The fraction of sp³-hybridized carbons (Fsp3) is 0.500. The van der Waals surface area contributed by atoms with Crippen LogP contribution in [0, 0.1) is 12.8 Å². The van der Waals surface area contributed by atoms with Gasteiger partial charge in [0.1, 0.15) is 5.75 Å². The van der Waals surface area contributed by atoms with E-state index in [0.717, 1.165) is 18.4 Å². The highest BCUT2D eigenvalue weighted by atomic mass is 16.3. The molecule has 1 fully saturated rings. The molecule has 0 saturated carbocycles. The van der Waals surface area contributed by atoms with Crippen LogP contribution in [0.5, 0.6) is 5.75 Å². The van der Waals surface area contributed by atoms with Crippen molar-refractivity contribution >= 4 is 11.8 Å². The number of nitrogens with one attached hydrogen (secondary N) is 1. The molecule has 0 radical (unpaired) electrons. The number of hydrogen-bond acceptors (Lipinski definition) is 4. The van der Waals surface area contributed by atoms with Crippen molar-refractivity contribution in [3.8, 4) is 5.75 Å². The summed E-state index contributed by atoms with van der Waals surface area (Å²) in [5.74, 6) is -0.518. The van der Waals surface area contributed by atoms with E-state index in [0.29, 0.717) is 31.7 Å². The molecule has 2 amide bonds. The maximum atomic E-state index is 12.6. The molecule has 1 aliphatic heterocycles. The van der Waals surface area contributed by atoms with Crippen molar-refractivity contribution in [2.24, 2.45) is 11.7 Å². The Kier molecular flexibility index (Phi) is 5.38. The lowest BCUT2D eigenvalue weighted by Crippen LogP contribution is -2.46. The Labute approximate surface area is 130 Å². The first-order valence-corrected chi connectivity index (χ1v) is 7.59. The zero-order valence-electron chi connectivity index (χ0n) is 12.8. The molecule has 22 heavy (non-hydrogen) atoms. The molecule has 1 atom stereocenters. The van der Waals surface area contributed by atoms with Gasteiger partial charge in [0.15, 0.2) is 0 Å². The van der Waals surface area contributed by atoms with Crippen LogP contribution in [0.3, 0.4) is 0 Å². The van der Waals surface area contributed by atoms with E-state index in [1.807, 2.05) is 6.92 Å². The predicted molar refractivity (Wildman–Crippen MR) is 83.5 cm³/mol. The molecule has 1 unspecified atom stereocenters. The van der Waals surface area contributed by atoms with Gasteiger partial charge in [-0.05, 0) is 31.9 Å². The third kappa shape index (κ3) is 3.76. The number of carbonyl (C=O) groups excluding carboxylic acids is 2. The van der Waals surface area contributed by atoms with Gasteiger partial charge in [0.25, 0.3) is 5.91 Å². The lowest BCUT2D eigenvalue weighted by Gasteiger charge is -2.32. The van der Waals surface area contributed by atoms with Gasteiger partial charge in [-0.1, -0.05) is 11.6 Å². The Balaban J connectivity index is 2.07. The molecule has 0 spiro atoms. The van der Waals surface area contributed by atoms with E-state index in [4.69, 9.17) is 5.73 Å². The number of rotatable bonds is 4. The SMILES string of the molecule is Cc1ccc(O)c(C(=O)N2CCCC(C(=O)NCCN)C2)c1. The van der Waals surface area contributed by atoms with Crippen LogP contribution in [0.1, 0.15) is 28.8 Å². The average molecular weight is 305 g/mol. The van der Waals surface area contributed by atoms with Gasteiger partial charge < -0.3 is 21.1 Å². The number of amides is 2. The zero-order valence-corrected chi connectivity index (χ0v) is 12.8. The maximum Gasteiger partial charge on any atom is 0.257 e. The van der Waals surface area contributed by atoms with E-state index in [9.17, 15) is 14.7 Å². The first-order valence-electron chi connectivity index (χ1n) is 7.59. The lowest BCUT2D eigenvalue weighted by molar-refractivity contribution is -0.126. The largest absolute Gasteiger partial charge is 0.507 e. The summed E-state index contributed by atoms with van der Waals surface area (Å²) in [4.78, 5) is 26.2. The second kappa shape index (κ2) is 7.26. The van der Waals surface area contributed by atoms with Crippen LogP contribution < -0.4 is 11.1 Å². The van der Waals surface area contributed by atoms with Gasteiger partial charge in [0.05, 0.1) is 11.5 Å². The number of benzene rings is 1. The molecule has 2 rings (SSSR count). The Hall–Kier alpha value is -2.08. The zero-order chi connectivity index (χ0) is 16.1. The number of carbonyl (C=O) groups is 2. The number of likely N-dealkylation sites (tertiary alicyclic amines) is 1. The average Bonchev–Trinajstić information content (AvgIpc) is 2.54. The molecule has 1 saturated heterocycles. The normalized spacial score (nSPS) is 18.1. The molecule has 1 aliphatic rings. The van der Waals surface area contributed by atoms with Gasteiger partial charge in [0.2, 0.25) is 5.91 Å². The van der Waals surface area contributed by atoms with Crippen molar-refractivity contribution in [1.29, 1.82) is 0 Å². The Bertz CT molecular complexity index is 560. The number of hydrogen-bond donors (Lipinski definition) is 3. The number of piperidine rings is 1. The summed E-state index contributed by atoms with van der Waals surface area (Å²) in [5, 5.41) is 12.7. The summed E-state index contributed by atoms with van der Waals surface area (Å²) in [7, 11) is 0. The molecule has 4 N–H and O–H groups in total. The summed E-state index contributed by atoms with van der Waals surface area (Å²) >= 11 is 0. The Morgan fingerprint density at radius 2 is 2.23 bits per heavy atom. The second-order valence-corrected chi connectivity index (χ2v) is 5.69. The minimum atomic E-state index is -0.225. The second-order valence-electron chi connectivity index (χ2n) is 5.69. The fourth-order valence-electron chi connectivity index (χ4n) is 2.71. The Morgan fingerprint density at radius 1 is 1.45 bits per heavy atom. The van der Waals surface area contributed by atoms with E-state index in [1.54, 1.807) is 17.0 Å². The molecular weight excluding hydrogens is 282 g/mol. The number of phenolic OH excluding ortho intramolecular Hbond substituents is 1. The van der Waals surface area contributed by atoms with Crippen LogP contribution in [0.2, 0.25) is 0 Å². The predicted octanol–water partition coefficient (Wildman–Crippen LogP) is 0.628. The van der Waals surface area contributed by atoms with Crippen LogP contribution in [-0.2, 0) is 4.79 Å². The number of nitrogens with zero attached hydrogens (tertiary/aromatic N) is 1. The first-order chi connectivity index (χ1) is 10.5. The molecule has 0 bridgehead atoms. The summed E-state index contributed by atoms with van der Waals surface area (Å²) in [6.45, 7) is 3.70. The quantitative estimate of drug-likeness (QED) is 0.760. The third-order valence-electron chi connectivity index (χ3n) is 3.91. The number of nitrogens with two attached hydrogens (primary N) is 1. The number of aryl methyl sites for hydroxylation is 1. The van der Waals surface area contributed by atoms with Crippen molar-refractivity contribution < 1.29 is 14.7 Å². The first kappa shape index (κ1) is 16.3. The van der Waals surface area contributed by atoms with Crippen molar-refractivity contribution in [2.45, 2.75) is 19.8 Å². The molecule has 0 aliphatic carbocycles. The monoisotopic (exact) mass is 305 g/mol. The molecule has 1 aromatic carbocycles. The number of aromatic hydroxyl groups is 1. The van der Waals surface area contributed by atoms with Crippen molar-refractivity contribution in [2.75, 3.05) is 26.2 Å². The van der Waals surface area contributed by atoms with Crippen LogP contribution >= 0.6 is 0 Å². The minimum absolute atomic E-state index is 0.0229. The van der Waals surface area contributed by atoms with Crippen LogP contribution in [0.25, 0.3) is 0 Å². The number of phenols is 1. The van der Waals surface area contributed by atoms with Gasteiger partial charge in [0, 0.05) is 26.2 Å². The van der Waals surface area contributed by atoms with Crippen LogP contribution in [0.15, 0.2) is 18.2 Å². The van der Waals surface area contributed by atoms with Gasteiger partial charge in [-0.3, -0.25) is 9.59 Å². The molecule has 1 aromatic rings. The maximum absolute atomic E-state index is 12.6. The summed E-state index contributed by atoms with van der Waals surface area (Å²) in [5.41, 5.74) is 6.59. The van der Waals surface area contributed by atoms with Crippen LogP contribution in [0.4, 0.5) is 0 Å². The molecule has 120 valence electrons.